The molecule has 0 aromatic heterocycles. The van der Waals surface area contributed by atoms with E-state index in [-0.39, 0.29) is 43.4 Å². The molecule has 0 saturated carbocycles. The topological polar surface area (TPSA) is 169 Å². The number of amides is 6. The molecular formula is C42H55F2N7O7. The lowest BCUT2D eigenvalue weighted by Gasteiger charge is -2.39. The zero-order chi connectivity index (χ0) is 41.7. The normalized spacial score (nSPS) is 27.7. The van der Waals surface area contributed by atoms with Crippen LogP contribution in [-0.2, 0) is 41.6 Å². The van der Waals surface area contributed by atoms with Crippen LogP contribution in [0.4, 0.5) is 19.3 Å². The molecule has 4 aliphatic heterocycles. The Kier molecular flexibility index (Phi) is 13.7. The van der Waals surface area contributed by atoms with Crippen LogP contribution in [0.5, 0.6) is 0 Å². The van der Waals surface area contributed by atoms with Crippen molar-refractivity contribution in [1.29, 1.82) is 0 Å². The second kappa shape index (κ2) is 18.6. The number of anilines is 1. The number of fused-ring (bicyclic) bond motifs is 3. The summed E-state index contributed by atoms with van der Waals surface area (Å²) in [7, 11) is 0. The molecule has 0 aliphatic carbocycles. The maximum atomic E-state index is 14.7. The molecule has 0 spiro atoms. The number of carbonyl (C=O) groups is 6. The number of nitrogens with one attached hydrogen (secondary N) is 4. The van der Waals surface area contributed by atoms with Gasteiger partial charge in [-0.05, 0) is 107 Å². The zero-order valence-corrected chi connectivity index (χ0v) is 33.6. The number of esters is 1. The molecule has 6 amide bonds. The van der Waals surface area contributed by atoms with Gasteiger partial charge < -0.3 is 40.7 Å². The molecule has 4 saturated heterocycles. The third kappa shape index (κ3) is 9.93. The van der Waals surface area contributed by atoms with E-state index in [1.807, 2.05) is 26.0 Å². The molecule has 314 valence electrons. The van der Waals surface area contributed by atoms with Gasteiger partial charge in [0.05, 0.1) is 0 Å². The molecule has 4 fully saturated rings. The minimum absolute atomic E-state index is 0.0442. The van der Waals surface area contributed by atoms with Crippen LogP contribution in [0.1, 0.15) is 77.3 Å². The number of piperidine rings is 1. The van der Waals surface area contributed by atoms with Crippen LogP contribution in [-0.4, -0.2) is 119 Å². The third-order valence-corrected chi connectivity index (χ3v) is 11.7. The second-order valence-corrected chi connectivity index (χ2v) is 16.2. The highest BCUT2D eigenvalue weighted by molar-refractivity contribution is 5.96. The van der Waals surface area contributed by atoms with Crippen molar-refractivity contribution in [2.24, 2.45) is 5.92 Å². The lowest BCUT2D eigenvalue weighted by atomic mass is 9.99. The Morgan fingerprint density at radius 2 is 1.50 bits per heavy atom. The van der Waals surface area contributed by atoms with E-state index in [9.17, 15) is 37.5 Å². The lowest BCUT2D eigenvalue weighted by molar-refractivity contribution is -0.162. The van der Waals surface area contributed by atoms with Gasteiger partial charge in [0.15, 0.2) is 0 Å². The van der Waals surface area contributed by atoms with Gasteiger partial charge >= 0.3 is 12.0 Å². The number of aryl methyl sites for hydroxylation is 1. The van der Waals surface area contributed by atoms with E-state index in [0.717, 1.165) is 30.2 Å². The van der Waals surface area contributed by atoms with Crippen LogP contribution in [0.25, 0.3) is 0 Å². The molecule has 2 aromatic rings. The van der Waals surface area contributed by atoms with Gasteiger partial charge in [0.25, 0.3) is 0 Å². The fourth-order valence-electron chi connectivity index (χ4n) is 8.68. The van der Waals surface area contributed by atoms with Gasteiger partial charge in [0.1, 0.15) is 47.9 Å². The minimum atomic E-state index is -1.24. The minimum Gasteiger partial charge on any atom is -0.459 e. The predicted molar refractivity (Wildman–Crippen MR) is 210 cm³/mol. The number of hydrogen-bond acceptors (Lipinski definition) is 8. The van der Waals surface area contributed by atoms with Crippen molar-refractivity contribution in [2.45, 2.75) is 121 Å². The Hall–Kier alpha value is -5.12. The molecule has 14 nitrogen and oxygen atoms in total. The number of ether oxygens (including phenoxy) is 1. The molecule has 8 atom stereocenters. The largest absolute Gasteiger partial charge is 0.459 e. The Morgan fingerprint density at radius 1 is 0.828 bits per heavy atom. The third-order valence-electron chi connectivity index (χ3n) is 11.7. The summed E-state index contributed by atoms with van der Waals surface area (Å²) in [6.45, 7) is 7.73. The summed E-state index contributed by atoms with van der Waals surface area (Å²) in [6.07, 6.45) is 2.61. The van der Waals surface area contributed by atoms with Gasteiger partial charge in [-0.25, -0.2) is 18.4 Å². The fraction of sp³-hybridized carbons (Fsp3) is 0.571. The van der Waals surface area contributed by atoms with E-state index < -0.39 is 83.7 Å². The van der Waals surface area contributed by atoms with E-state index in [4.69, 9.17) is 4.74 Å². The van der Waals surface area contributed by atoms with E-state index in [0.29, 0.717) is 50.8 Å². The quantitative estimate of drug-likeness (QED) is 0.295. The first-order valence-corrected chi connectivity index (χ1v) is 20.5. The number of urea groups is 1. The zero-order valence-electron chi connectivity index (χ0n) is 33.6. The summed E-state index contributed by atoms with van der Waals surface area (Å²) >= 11 is 0. The molecule has 4 N–H and O–H groups in total. The fourth-order valence-corrected chi connectivity index (χ4v) is 8.68. The smallest absolute Gasteiger partial charge is 0.329 e. The predicted octanol–water partition coefficient (Wildman–Crippen LogP) is 3.28. The number of halogens is 2. The van der Waals surface area contributed by atoms with Crippen LogP contribution < -0.4 is 21.3 Å². The van der Waals surface area contributed by atoms with Crippen molar-refractivity contribution in [3.8, 4) is 0 Å². The average Bonchev–Trinajstić information content (AvgIpc) is 3.84. The maximum absolute atomic E-state index is 14.7. The summed E-state index contributed by atoms with van der Waals surface area (Å²) in [5.41, 5.74) is 1.85. The van der Waals surface area contributed by atoms with E-state index in [1.54, 1.807) is 26.0 Å². The molecule has 58 heavy (non-hydrogen) atoms. The number of nitrogens with zero attached hydrogens (tertiary/aromatic N) is 3. The van der Waals surface area contributed by atoms with Crippen molar-refractivity contribution >= 4 is 41.3 Å². The van der Waals surface area contributed by atoms with Crippen LogP contribution in [0, 0.1) is 17.6 Å². The standard InChI is InChI=1S/C42H55F2N7O7/c1-5-27-11-13-31(14-12-27)47-42(57)48-32(20-28-18-29(43)21-30(44)19-28)22-45-36-26(4)58-41(56)35-17-24(2)23-51(35)38(53)25(3)46-37(52)33-9-6-7-15-49(33)39(54)34-10-8-16-50(34)40(36)55/h11-14,18-19,21,24-26,32-36,45H,5-10,15-17,20,22-23H2,1-4H3,(H,46,52)(H2,47,48,57)/t24-,25-,26-,32-,33-,34-,35-,36-/m0/s1. The molecular weight excluding hydrogens is 752 g/mol. The van der Waals surface area contributed by atoms with Gasteiger partial charge in [-0.15, -0.1) is 0 Å². The van der Waals surface area contributed by atoms with Crippen molar-refractivity contribution in [1.82, 2.24) is 30.7 Å². The highest BCUT2D eigenvalue weighted by Crippen LogP contribution is 2.29. The summed E-state index contributed by atoms with van der Waals surface area (Å²) in [5.74, 6) is -4.18. The summed E-state index contributed by atoms with van der Waals surface area (Å²) in [6, 6.07) is 4.00. The highest BCUT2D eigenvalue weighted by Gasteiger charge is 2.47. The van der Waals surface area contributed by atoms with E-state index >= 15 is 0 Å². The summed E-state index contributed by atoms with van der Waals surface area (Å²) in [5, 5.41) is 11.6. The first kappa shape index (κ1) is 42.5. The van der Waals surface area contributed by atoms with E-state index in [1.165, 1.54) is 14.7 Å². The Labute approximate surface area is 337 Å². The first-order valence-electron chi connectivity index (χ1n) is 20.5. The molecule has 4 aliphatic rings. The summed E-state index contributed by atoms with van der Waals surface area (Å²) in [4.78, 5) is 88.2. The van der Waals surface area contributed by atoms with Crippen LogP contribution in [0.15, 0.2) is 42.5 Å². The lowest BCUT2D eigenvalue weighted by Crippen LogP contribution is -2.62. The molecule has 2 aromatic carbocycles. The van der Waals surface area contributed by atoms with Crippen LogP contribution in [0.3, 0.4) is 0 Å². The Balaban J connectivity index is 1.30. The molecule has 0 unspecified atom stereocenters. The van der Waals surface area contributed by atoms with Crippen LogP contribution in [0.2, 0.25) is 0 Å². The number of benzene rings is 2. The van der Waals surface area contributed by atoms with Crippen molar-refractivity contribution in [2.75, 3.05) is 31.5 Å². The number of cyclic esters (lactones) is 1. The first-order chi connectivity index (χ1) is 27.7. The molecule has 4 heterocycles. The van der Waals surface area contributed by atoms with Gasteiger partial charge in [0, 0.05) is 44.0 Å². The van der Waals surface area contributed by atoms with Gasteiger partial charge in [-0.3, -0.25) is 19.2 Å². The average molecular weight is 808 g/mol. The summed E-state index contributed by atoms with van der Waals surface area (Å²) < 4.78 is 34.7. The van der Waals surface area contributed by atoms with Crippen molar-refractivity contribution in [3.05, 3.63) is 65.2 Å². The molecule has 0 bridgehead atoms. The second-order valence-electron chi connectivity index (χ2n) is 16.2. The van der Waals surface area contributed by atoms with Crippen molar-refractivity contribution in [3.63, 3.8) is 0 Å². The van der Waals surface area contributed by atoms with Gasteiger partial charge in [-0.1, -0.05) is 26.0 Å². The number of hydrogen-bond donors (Lipinski definition) is 4. The Bertz CT molecular complexity index is 1840. The SMILES string of the molecule is CCc1ccc(NC(=O)N[C@H](CN[C@@H]2C(=O)N3CCC[C@H]3C(=O)N3CCCC[C@H]3C(=O)N[C@@H](C)C(=O)N3C[C@@H](C)C[C@H]3C(=O)O[C@H]2C)Cc2cc(F)cc(F)c2)cc1. The van der Waals surface area contributed by atoms with Gasteiger partial charge in [0.2, 0.25) is 23.6 Å². The monoisotopic (exact) mass is 807 g/mol. The number of rotatable bonds is 8. The highest BCUT2D eigenvalue weighted by atomic mass is 19.1. The number of carbonyl (C=O) groups excluding carboxylic acids is 6. The Morgan fingerprint density at radius 3 is 2.21 bits per heavy atom. The molecule has 16 heteroatoms. The van der Waals surface area contributed by atoms with E-state index in [2.05, 4.69) is 21.3 Å². The maximum Gasteiger partial charge on any atom is 0.329 e. The van der Waals surface area contributed by atoms with Crippen LogP contribution >= 0.6 is 0 Å². The van der Waals surface area contributed by atoms with Gasteiger partial charge in [-0.2, -0.15) is 0 Å². The van der Waals surface area contributed by atoms with Crippen molar-refractivity contribution < 1.29 is 42.3 Å². The molecule has 0 radical (unpaired) electrons. The molecule has 6 rings (SSSR count).